The van der Waals surface area contributed by atoms with Crippen LogP contribution in [0.15, 0.2) is 55.1 Å². The van der Waals surface area contributed by atoms with Gasteiger partial charge >= 0.3 is 6.18 Å². The van der Waals surface area contributed by atoms with Crippen LogP contribution in [0.25, 0.3) is 22.2 Å². The van der Waals surface area contributed by atoms with Crippen molar-refractivity contribution in [3.05, 3.63) is 70.8 Å². The van der Waals surface area contributed by atoms with Crippen molar-refractivity contribution in [3.8, 4) is 11.3 Å². The third-order valence-corrected chi connectivity index (χ3v) is 5.08. The second-order valence-electron chi connectivity index (χ2n) is 6.90. The van der Waals surface area contributed by atoms with Crippen molar-refractivity contribution in [1.82, 2.24) is 14.7 Å². The van der Waals surface area contributed by atoms with Gasteiger partial charge in [0.1, 0.15) is 11.2 Å². The van der Waals surface area contributed by atoms with Crippen molar-refractivity contribution < 1.29 is 22.9 Å². The molecule has 1 aliphatic heterocycles. The summed E-state index contributed by atoms with van der Waals surface area (Å²) in [5.41, 5.74) is 0.0693. The van der Waals surface area contributed by atoms with E-state index in [1.54, 1.807) is 6.07 Å². The number of rotatable bonds is 4. The summed E-state index contributed by atoms with van der Waals surface area (Å²) in [5, 5.41) is 16.5. The summed E-state index contributed by atoms with van der Waals surface area (Å²) in [6.07, 6.45) is -3.28. The van der Waals surface area contributed by atoms with Gasteiger partial charge in [0.05, 0.1) is 16.5 Å². The summed E-state index contributed by atoms with van der Waals surface area (Å²) in [4.78, 5) is 24.3. The molecule has 7 nitrogen and oxygen atoms in total. The van der Waals surface area contributed by atoms with E-state index in [9.17, 15) is 28.1 Å². The van der Waals surface area contributed by atoms with Crippen molar-refractivity contribution in [2.45, 2.75) is 12.2 Å². The summed E-state index contributed by atoms with van der Waals surface area (Å²) in [6.45, 7) is 4.04. The highest BCUT2D eigenvalue weighted by Gasteiger charge is 2.35. The van der Waals surface area contributed by atoms with Crippen molar-refractivity contribution in [2.75, 3.05) is 13.1 Å². The summed E-state index contributed by atoms with van der Waals surface area (Å²) in [7, 11) is 0. The molecule has 0 radical (unpaired) electrons. The molecule has 0 unspecified atom stereocenters. The van der Waals surface area contributed by atoms with Gasteiger partial charge in [0.15, 0.2) is 0 Å². The lowest BCUT2D eigenvalue weighted by Gasteiger charge is -2.38. The maximum absolute atomic E-state index is 12.9. The number of para-hydroxylation sites is 1. The first-order valence-electron chi connectivity index (χ1n) is 8.95. The first-order valence-corrected chi connectivity index (χ1v) is 8.95. The minimum atomic E-state index is -4.47. The predicted octanol–water partition coefficient (Wildman–Crippen LogP) is 4.20. The highest BCUT2D eigenvalue weighted by molar-refractivity contribution is 5.98. The Morgan fingerprint density at radius 1 is 1.20 bits per heavy atom. The van der Waals surface area contributed by atoms with E-state index in [-0.39, 0.29) is 23.2 Å². The van der Waals surface area contributed by atoms with Crippen LogP contribution in [0.3, 0.4) is 0 Å². The van der Waals surface area contributed by atoms with Gasteiger partial charge in [-0.3, -0.25) is 19.6 Å². The van der Waals surface area contributed by atoms with Crippen molar-refractivity contribution >= 4 is 22.5 Å². The minimum Gasteiger partial charge on any atom is -0.335 e. The first kappa shape index (κ1) is 19.6. The van der Waals surface area contributed by atoms with E-state index in [1.165, 1.54) is 39.9 Å². The highest BCUT2D eigenvalue weighted by atomic mass is 19.4. The van der Waals surface area contributed by atoms with Gasteiger partial charge in [0.25, 0.3) is 5.69 Å². The third-order valence-electron chi connectivity index (χ3n) is 5.08. The quantitative estimate of drug-likeness (QED) is 0.363. The lowest BCUT2D eigenvalue weighted by Crippen LogP contribution is -2.50. The SMILES string of the molecule is C=CC(=O)N1CC(n2nc(-c3ccc(C(F)(F)F)cc3)c3cccc([N+](=O)[O-])c32)C1. The summed E-state index contributed by atoms with van der Waals surface area (Å²) in [6, 6.07) is 8.70. The number of fused-ring (bicyclic) bond motifs is 1. The van der Waals surface area contributed by atoms with Crippen LogP contribution in [0.2, 0.25) is 0 Å². The number of aromatic nitrogens is 2. The zero-order valence-corrected chi connectivity index (χ0v) is 15.5. The number of hydrogen-bond acceptors (Lipinski definition) is 4. The molecule has 3 aromatic rings. The minimum absolute atomic E-state index is 0.161. The average Bonchev–Trinajstić information content (AvgIpc) is 3.05. The molecular weight excluding hydrogens is 401 g/mol. The van der Waals surface area contributed by atoms with E-state index in [0.717, 1.165) is 12.1 Å². The summed E-state index contributed by atoms with van der Waals surface area (Å²) < 4.78 is 40.1. The van der Waals surface area contributed by atoms with Gasteiger partial charge in [0, 0.05) is 30.1 Å². The molecular formula is C20H15F3N4O3. The molecule has 10 heteroatoms. The highest BCUT2D eigenvalue weighted by Crippen LogP contribution is 2.38. The van der Waals surface area contributed by atoms with E-state index >= 15 is 0 Å². The maximum atomic E-state index is 12.9. The molecule has 30 heavy (non-hydrogen) atoms. The van der Waals surface area contributed by atoms with Crippen molar-refractivity contribution in [3.63, 3.8) is 0 Å². The van der Waals surface area contributed by atoms with Gasteiger partial charge in [-0.25, -0.2) is 0 Å². The van der Waals surface area contributed by atoms with Crippen LogP contribution in [0.4, 0.5) is 18.9 Å². The van der Waals surface area contributed by atoms with Crippen LogP contribution in [0, 0.1) is 10.1 Å². The molecule has 0 spiro atoms. The average molecular weight is 416 g/mol. The Morgan fingerprint density at radius 2 is 1.87 bits per heavy atom. The summed E-state index contributed by atoms with van der Waals surface area (Å²) in [5.74, 6) is -0.250. The van der Waals surface area contributed by atoms with Gasteiger partial charge < -0.3 is 4.90 Å². The monoisotopic (exact) mass is 416 g/mol. The molecule has 0 N–H and O–H groups in total. The number of hydrogen-bond donors (Lipinski definition) is 0. The molecule has 0 bridgehead atoms. The zero-order chi connectivity index (χ0) is 21.6. The number of carbonyl (C=O) groups is 1. The lowest BCUT2D eigenvalue weighted by atomic mass is 10.0. The van der Waals surface area contributed by atoms with Gasteiger partial charge in [-0.15, -0.1) is 0 Å². The van der Waals surface area contributed by atoms with Crippen LogP contribution in [0.1, 0.15) is 11.6 Å². The molecule has 1 amide bonds. The Labute approximate surface area is 168 Å². The Bertz CT molecular complexity index is 1160. The number of carbonyl (C=O) groups excluding carboxylic acids is 1. The molecule has 1 aliphatic rings. The summed E-state index contributed by atoms with van der Waals surface area (Å²) >= 11 is 0. The van der Waals surface area contributed by atoms with Gasteiger partial charge in [-0.1, -0.05) is 30.8 Å². The number of amides is 1. The van der Waals surface area contributed by atoms with Crippen LogP contribution < -0.4 is 0 Å². The molecule has 1 fully saturated rings. The van der Waals surface area contributed by atoms with Gasteiger partial charge in [0.2, 0.25) is 5.91 Å². The number of nitrogens with zero attached hydrogens (tertiary/aromatic N) is 4. The number of non-ortho nitro benzene ring substituents is 1. The fourth-order valence-corrected chi connectivity index (χ4v) is 3.54. The Kier molecular flexibility index (Phi) is 4.56. The van der Waals surface area contributed by atoms with Crippen LogP contribution in [-0.4, -0.2) is 38.6 Å². The van der Waals surface area contributed by atoms with Crippen molar-refractivity contribution in [2.24, 2.45) is 0 Å². The second kappa shape index (κ2) is 6.97. The number of likely N-dealkylation sites (tertiary alicyclic amines) is 1. The maximum Gasteiger partial charge on any atom is 0.416 e. The van der Waals surface area contributed by atoms with Crippen LogP contribution >= 0.6 is 0 Å². The van der Waals surface area contributed by atoms with Gasteiger partial charge in [-0.2, -0.15) is 18.3 Å². The second-order valence-corrected chi connectivity index (χ2v) is 6.90. The molecule has 0 atom stereocenters. The van der Waals surface area contributed by atoms with E-state index in [2.05, 4.69) is 11.7 Å². The standard InChI is InChI=1S/C20H15F3N4O3/c1-2-17(28)25-10-14(11-25)26-19-15(4-3-5-16(19)27(29)30)18(24-26)12-6-8-13(9-7-12)20(21,22)23/h2-9,14H,1,10-11H2. The molecule has 1 saturated heterocycles. The largest absolute Gasteiger partial charge is 0.416 e. The van der Waals surface area contributed by atoms with Crippen LogP contribution in [0.5, 0.6) is 0 Å². The Morgan fingerprint density at radius 3 is 2.43 bits per heavy atom. The zero-order valence-electron chi connectivity index (χ0n) is 15.5. The number of benzene rings is 2. The number of halogens is 3. The number of nitro groups is 1. The fourth-order valence-electron chi connectivity index (χ4n) is 3.54. The Hall–Kier alpha value is -3.69. The fraction of sp³-hybridized carbons (Fsp3) is 0.200. The van der Waals surface area contributed by atoms with E-state index in [1.807, 2.05) is 0 Å². The van der Waals surface area contributed by atoms with E-state index < -0.39 is 16.7 Å². The molecule has 2 heterocycles. The predicted molar refractivity (Wildman–Crippen MR) is 103 cm³/mol. The van der Waals surface area contributed by atoms with Crippen molar-refractivity contribution in [1.29, 1.82) is 0 Å². The molecule has 4 rings (SSSR count). The molecule has 0 aliphatic carbocycles. The topological polar surface area (TPSA) is 81.3 Å². The van der Waals surface area contributed by atoms with Gasteiger partial charge in [-0.05, 0) is 18.2 Å². The molecule has 2 aromatic carbocycles. The lowest BCUT2D eigenvalue weighted by molar-refractivity contribution is -0.383. The van der Waals surface area contributed by atoms with E-state index in [4.69, 9.17) is 0 Å². The van der Waals surface area contributed by atoms with Crippen LogP contribution in [-0.2, 0) is 11.0 Å². The molecule has 1 aromatic heterocycles. The first-order chi connectivity index (χ1) is 14.2. The normalized spacial score (nSPS) is 14.6. The number of alkyl halides is 3. The van der Waals surface area contributed by atoms with E-state index in [0.29, 0.717) is 29.7 Å². The molecule has 0 saturated carbocycles. The third kappa shape index (κ3) is 3.19. The smallest absolute Gasteiger partial charge is 0.335 e. The Balaban J connectivity index is 1.82. The molecule has 154 valence electrons. The number of nitro benzene ring substituents is 1.